The second-order valence-electron chi connectivity index (χ2n) is 8.22. The maximum atomic E-state index is 13.6. The smallest absolute Gasteiger partial charge is 0.260 e. The summed E-state index contributed by atoms with van der Waals surface area (Å²) in [5.74, 6) is 0.343. The molecule has 0 saturated heterocycles. The van der Waals surface area contributed by atoms with Crippen LogP contribution in [0.2, 0.25) is 0 Å². The normalized spacial score (nSPS) is 12.1. The summed E-state index contributed by atoms with van der Waals surface area (Å²) in [6.07, 6.45) is 2.41. The topological polar surface area (TPSA) is 83.7 Å². The van der Waals surface area contributed by atoms with Crippen molar-refractivity contribution < 1.29 is 17.6 Å². The lowest BCUT2D eigenvalue weighted by atomic mass is 10.1. The van der Waals surface area contributed by atoms with Crippen LogP contribution in [0.4, 0.5) is 5.13 Å². The van der Waals surface area contributed by atoms with Gasteiger partial charge < -0.3 is 4.42 Å². The summed E-state index contributed by atoms with van der Waals surface area (Å²) < 4.78 is 33.4. The summed E-state index contributed by atoms with van der Waals surface area (Å²) in [7, 11) is -2.09. The Morgan fingerprint density at radius 2 is 1.82 bits per heavy atom. The first-order valence-corrected chi connectivity index (χ1v) is 13.3. The Balaban J connectivity index is 1.71. The number of sulfonamides is 1. The Labute approximate surface area is 203 Å². The molecule has 0 aliphatic rings. The molecule has 2 aromatic carbocycles. The molecular formula is C25H27N3O4S2. The zero-order valence-electron chi connectivity index (χ0n) is 19.6. The molecule has 9 heteroatoms. The van der Waals surface area contributed by atoms with Crippen LogP contribution in [-0.2, 0) is 23.0 Å². The van der Waals surface area contributed by atoms with Crippen molar-refractivity contribution in [2.45, 2.75) is 44.7 Å². The van der Waals surface area contributed by atoms with Crippen LogP contribution in [0.3, 0.4) is 0 Å². The molecule has 4 aromatic rings. The minimum Gasteiger partial charge on any atom is -0.467 e. The summed E-state index contributed by atoms with van der Waals surface area (Å²) in [5.41, 5.74) is 2.38. The number of hydrogen-bond acceptors (Lipinski definition) is 6. The molecule has 0 radical (unpaired) electrons. The van der Waals surface area contributed by atoms with E-state index in [0.717, 1.165) is 22.2 Å². The van der Waals surface area contributed by atoms with Crippen molar-refractivity contribution in [1.29, 1.82) is 0 Å². The highest BCUT2D eigenvalue weighted by atomic mass is 32.2. The maximum absolute atomic E-state index is 13.6. The van der Waals surface area contributed by atoms with E-state index in [9.17, 15) is 13.2 Å². The van der Waals surface area contributed by atoms with Gasteiger partial charge in [-0.05, 0) is 68.3 Å². The van der Waals surface area contributed by atoms with Gasteiger partial charge in [0.1, 0.15) is 5.76 Å². The van der Waals surface area contributed by atoms with E-state index in [1.165, 1.54) is 27.8 Å². The number of fused-ring (bicyclic) bond motifs is 1. The van der Waals surface area contributed by atoms with Gasteiger partial charge >= 0.3 is 0 Å². The van der Waals surface area contributed by atoms with Crippen LogP contribution in [0.15, 0.2) is 70.2 Å². The number of hydrogen-bond donors (Lipinski definition) is 0. The fraction of sp³-hybridized carbons (Fsp3) is 0.280. The number of rotatable bonds is 8. The van der Waals surface area contributed by atoms with Crippen LogP contribution in [0, 0.1) is 0 Å². The van der Waals surface area contributed by atoms with Crippen LogP contribution in [-0.4, -0.2) is 36.7 Å². The average molecular weight is 498 g/mol. The van der Waals surface area contributed by atoms with Gasteiger partial charge in [-0.2, -0.15) is 4.31 Å². The Bertz CT molecular complexity index is 1390. The predicted octanol–water partition coefficient (Wildman–Crippen LogP) is 5.33. The van der Waals surface area contributed by atoms with Crippen molar-refractivity contribution in [3.05, 3.63) is 77.7 Å². The summed E-state index contributed by atoms with van der Waals surface area (Å²) in [4.78, 5) is 20.1. The Hall–Kier alpha value is -3.01. The Kier molecular flexibility index (Phi) is 6.88. The van der Waals surface area contributed by atoms with Crippen molar-refractivity contribution in [1.82, 2.24) is 9.29 Å². The Morgan fingerprint density at radius 3 is 2.44 bits per heavy atom. The van der Waals surface area contributed by atoms with Crippen molar-refractivity contribution in [3.63, 3.8) is 0 Å². The molecule has 34 heavy (non-hydrogen) atoms. The standard InChI is InChI=1S/C25H27N3O4S2/c1-5-18-8-6-10-22-23(18)26-25(33-22)28(16-20-9-7-15-32-20)24(29)19-11-13-21(14-12-19)34(30,31)27(4)17(2)3/h6-15,17H,5,16H2,1-4H3. The molecule has 0 fully saturated rings. The highest BCUT2D eigenvalue weighted by Gasteiger charge is 2.26. The van der Waals surface area contributed by atoms with E-state index < -0.39 is 10.0 Å². The van der Waals surface area contributed by atoms with Gasteiger partial charge in [-0.25, -0.2) is 13.4 Å². The third-order valence-electron chi connectivity index (χ3n) is 5.75. The highest BCUT2D eigenvalue weighted by molar-refractivity contribution is 7.89. The number of anilines is 1. The molecule has 0 aliphatic carbocycles. The number of para-hydroxylation sites is 1. The molecule has 0 N–H and O–H groups in total. The lowest BCUT2D eigenvalue weighted by Crippen LogP contribution is -2.33. The SMILES string of the molecule is CCc1cccc2sc(N(Cc3ccco3)C(=O)c3ccc(S(=O)(=O)N(C)C(C)C)cc3)nc12. The van der Waals surface area contributed by atoms with Crippen LogP contribution >= 0.6 is 11.3 Å². The maximum Gasteiger partial charge on any atom is 0.260 e. The van der Waals surface area contributed by atoms with E-state index in [-0.39, 0.29) is 23.4 Å². The van der Waals surface area contributed by atoms with Crippen LogP contribution < -0.4 is 4.90 Å². The largest absolute Gasteiger partial charge is 0.467 e. The van der Waals surface area contributed by atoms with Gasteiger partial charge in [0.25, 0.3) is 5.91 Å². The molecule has 7 nitrogen and oxygen atoms in total. The fourth-order valence-electron chi connectivity index (χ4n) is 3.55. The summed E-state index contributed by atoms with van der Waals surface area (Å²) in [6, 6.07) is 15.5. The lowest BCUT2D eigenvalue weighted by Gasteiger charge is -2.21. The van der Waals surface area contributed by atoms with Gasteiger partial charge in [0.2, 0.25) is 10.0 Å². The second kappa shape index (κ2) is 9.69. The van der Waals surface area contributed by atoms with Crippen molar-refractivity contribution in [2.24, 2.45) is 0 Å². The van der Waals surface area contributed by atoms with E-state index in [1.54, 1.807) is 36.4 Å². The number of nitrogens with zero attached hydrogens (tertiary/aromatic N) is 3. The third kappa shape index (κ3) is 4.64. The summed E-state index contributed by atoms with van der Waals surface area (Å²) in [6.45, 7) is 5.91. The number of carbonyl (C=O) groups is 1. The minimum absolute atomic E-state index is 0.144. The van der Waals surface area contributed by atoms with Gasteiger partial charge in [-0.15, -0.1) is 0 Å². The minimum atomic E-state index is -3.64. The Morgan fingerprint density at radius 1 is 1.09 bits per heavy atom. The third-order valence-corrected chi connectivity index (χ3v) is 8.84. The van der Waals surface area contributed by atoms with E-state index in [2.05, 4.69) is 6.92 Å². The van der Waals surface area contributed by atoms with Gasteiger partial charge in [0.05, 0.1) is 27.9 Å². The molecule has 0 unspecified atom stereocenters. The molecule has 2 aromatic heterocycles. The predicted molar refractivity (Wildman–Crippen MR) is 135 cm³/mol. The first kappa shape index (κ1) is 24.1. The van der Waals surface area contributed by atoms with Crippen molar-refractivity contribution in [2.75, 3.05) is 11.9 Å². The molecule has 0 saturated carbocycles. The monoisotopic (exact) mass is 497 g/mol. The number of carbonyl (C=O) groups excluding carboxylic acids is 1. The number of aryl methyl sites for hydroxylation is 1. The van der Waals surface area contributed by atoms with Gasteiger partial charge in [-0.3, -0.25) is 9.69 Å². The van der Waals surface area contributed by atoms with Crippen molar-refractivity contribution >= 4 is 42.6 Å². The summed E-state index contributed by atoms with van der Waals surface area (Å²) in [5, 5.41) is 0.563. The second-order valence-corrected chi connectivity index (χ2v) is 11.2. The van der Waals surface area contributed by atoms with Gasteiger partial charge in [0.15, 0.2) is 5.13 Å². The quantitative estimate of drug-likeness (QED) is 0.329. The molecule has 178 valence electrons. The zero-order valence-corrected chi connectivity index (χ0v) is 21.2. The van der Waals surface area contributed by atoms with Crippen LogP contribution in [0.25, 0.3) is 10.2 Å². The molecule has 2 heterocycles. The van der Waals surface area contributed by atoms with Gasteiger partial charge in [-0.1, -0.05) is 30.4 Å². The molecule has 1 amide bonds. The van der Waals surface area contributed by atoms with Crippen molar-refractivity contribution in [3.8, 4) is 0 Å². The number of thiazole rings is 1. The molecular weight excluding hydrogens is 470 g/mol. The van der Waals surface area contributed by atoms with E-state index in [0.29, 0.717) is 16.5 Å². The fourth-order valence-corrected chi connectivity index (χ4v) is 5.93. The number of amides is 1. The van der Waals surface area contributed by atoms with E-state index in [4.69, 9.17) is 9.40 Å². The lowest BCUT2D eigenvalue weighted by molar-refractivity contribution is 0.0983. The first-order chi connectivity index (χ1) is 16.2. The number of aromatic nitrogens is 1. The van der Waals surface area contributed by atoms with Gasteiger partial charge in [0, 0.05) is 18.7 Å². The van der Waals surface area contributed by atoms with E-state index >= 15 is 0 Å². The molecule has 4 rings (SSSR count). The zero-order chi connectivity index (χ0) is 24.5. The molecule has 0 aliphatic heterocycles. The van der Waals surface area contributed by atoms with Crippen LogP contribution in [0.5, 0.6) is 0 Å². The van der Waals surface area contributed by atoms with E-state index in [1.807, 2.05) is 38.1 Å². The number of benzene rings is 2. The molecule has 0 atom stereocenters. The summed E-state index contributed by atoms with van der Waals surface area (Å²) >= 11 is 1.44. The number of furan rings is 1. The highest BCUT2D eigenvalue weighted by Crippen LogP contribution is 2.33. The van der Waals surface area contributed by atoms with Crippen LogP contribution in [0.1, 0.15) is 42.5 Å². The first-order valence-electron chi connectivity index (χ1n) is 11.0. The molecule has 0 bridgehead atoms. The average Bonchev–Trinajstić information content (AvgIpc) is 3.51. The molecule has 0 spiro atoms.